The molecule has 1 heterocycles. The fourth-order valence-corrected chi connectivity index (χ4v) is 1.53. The largest absolute Gasteiger partial charge is 0.325 e. The molecule has 2 nitrogen and oxygen atoms in total. The molecule has 0 saturated heterocycles. The van der Waals surface area contributed by atoms with E-state index < -0.39 is 0 Å². The van der Waals surface area contributed by atoms with Crippen LogP contribution in [0.2, 0.25) is 0 Å². The van der Waals surface area contributed by atoms with Gasteiger partial charge < -0.3 is 11.1 Å². The van der Waals surface area contributed by atoms with Crippen LogP contribution >= 0.6 is 0 Å². The number of quaternary nitrogens is 1. The minimum absolute atomic E-state index is 1.02. The van der Waals surface area contributed by atoms with Crippen LogP contribution in [0.5, 0.6) is 0 Å². The first kappa shape index (κ1) is 6.83. The molecule has 0 aliphatic carbocycles. The average Bonchev–Trinajstić information content (AvgIpc) is 2.04. The molecule has 0 spiro atoms. The van der Waals surface area contributed by atoms with E-state index in [1.807, 2.05) is 0 Å². The van der Waals surface area contributed by atoms with Crippen LogP contribution in [0.4, 0.5) is 5.69 Å². The van der Waals surface area contributed by atoms with Crippen molar-refractivity contribution in [1.29, 1.82) is 0 Å². The maximum atomic E-state index is 3.91. The van der Waals surface area contributed by atoms with Crippen molar-refractivity contribution in [2.45, 2.75) is 13.0 Å². The van der Waals surface area contributed by atoms with Crippen molar-refractivity contribution in [3.8, 4) is 0 Å². The Balaban J connectivity index is 2.43. The van der Waals surface area contributed by atoms with Gasteiger partial charge in [-0.25, -0.2) is 0 Å². The van der Waals surface area contributed by atoms with E-state index in [2.05, 4.69) is 29.2 Å². The SMILES string of the molecule is [NH3+]c1ccc2c(c1)CCNC2. The minimum atomic E-state index is 1.02. The van der Waals surface area contributed by atoms with Gasteiger partial charge in [0.05, 0.1) is 0 Å². The molecule has 0 atom stereocenters. The molecular weight excluding hydrogens is 136 g/mol. The lowest BCUT2D eigenvalue weighted by Crippen LogP contribution is -2.40. The van der Waals surface area contributed by atoms with Crippen molar-refractivity contribution in [3.05, 3.63) is 29.3 Å². The summed E-state index contributed by atoms with van der Waals surface area (Å²) in [6.45, 7) is 2.13. The van der Waals surface area contributed by atoms with Crippen LogP contribution < -0.4 is 11.1 Å². The molecule has 11 heavy (non-hydrogen) atoms. The Kier molecular flexibility index (Phi) is 1.64. The van der Waals surface area contributed by atoms with Gasteiger partial charge in [0.15, 0.2) is 0 Å². The van der Waals surface area contributed by atoms with Gasteiger partial charge in [-0.05, 0) is 30.2 Å². The Morgan fingerprint density at radius 1 is 1.27 bits per heavy atom. The first-order valence-corrected chi connectivity index (χ1v) is 4.01. The van der Waals surface area contributed by atoms with Crippen LogP contribution in [-0.2, 0) is 13.0 Å². The highest BCUT2D eigenvalue weighted by Gasteiger charge is 2.08. The second-order valence-electron chi connectivity index (χ2n) is 3.03. The van der Waals surface area contributed by atoms with E-state index in [9.17, 15) is 0 Å². The Morgan fingerprint density at radius 2 is 2.18 bits per heavy atom. The van der Waals surface area contributed by atoms with E-state index in [4.69, 9.17) is 0 Å². The van der Waals surface area contributed by atoms with Gasteiger partial charge in [0.25, 0.3) is 0 Å². The molecule has 1 aliphatic rings. The zero-order valence-corrected chi connectivity index (χ0v) is 6.56. The third kappa shape index (κ3) is 1.27. The Labute approximate surface area is 66.4 Å². The van der Waals surface area contributed by atoms with Gasteiger partial charge >= 0.3 is 0 Å². The van der Waals surface area contributed by atoms with Crippen molar-refractivity contribution in [1.82, 2.24) is 5.32 Å². The van der Waals surface area contributed by atoms with Crippen LogP contribution in [0.15, 0.2) is 18.2 Å². The van der Waals surface area contributed by atoms with Crippen molar-refractivity contribution < 1.29 is 5.73 Å². The summed E-state index contributed by atoms with van der Waals surface area (Å²) in [6.07, 6.45) is 1.15. The van der Waals surface area contributed by atoms with Crippen LogP contribution in [0.1, 0.15) is 11.1 Å². The maximum Gasteiger partial charge on any atom is 0.128 e. The smallest absolute Gasteiger partial charge is 0.128 e. The molecular formula is C9H13N2+. The molecule has 2 heteroatoms. The number of fused-ring (bicyclic) bond motifs is 1. The Morgan fingerprint density at radius 3 is 3.09 bits per heavy atom. The topological polar surface area (TPSA) is 39.7 Å². The predicted octanol–water partition coefficient (Wildman–Crippen LogP) is 0.206. The van der Waals surface area contributed by atoms with Crippen LogP contribution in [0.3, 0.4) is 0 Å². The quantitative estimate of drug-likeness (QED) is 0.543. The molecule has 2 rings (SSSR count). The number of hydrogen-bond donors (Lipinski definition) is 2. The molecule has 0 radical (unpaired) electrons. The highest BCUT2D eigenvalue weighted by Crippen LogP contribution is 2.15. The van der Waals surface area contributed by atoms with E-state index in [0.717, 1.165) is 25.2 Å². The summed E-state index contributed by atoms with van der Waals surface area (Å²) in [5, 5.41) is 3.34. The number of nitrogens with one attached hydrogen (secondary N) is 1. The van der Waals surface area contributed by atoms with Crippen molar-refractivity contribution in [3.63, 3.8) is 0 Å². The number of hydrogen-bond acceptors (Lipinski definition) is 1. The summed E-state index contributed by atoms with van der Waals surface area (Å²) in [5.74, 6) is 0. The molecule has 4 N–H and O–H groups in total. The van der Waals surface area contributed by atoms with Crippen molar-refractivity contribution in [2.75, 3.05) is 6.54 Å². The van der Waals surface area contributed by atoms with Crippen LogP contribution in [-0.4, -0.2) is 6.54 Å². The summed E-state index contributed by atoms with van der Waals surface area (Å²) in [5.41, 5.74) is 7.94. The molecule has 0 saturated carbocycles. The highest BCUT2D eigenvalue weighted by atomic mass is 14.9. The standard InChI is InChI=1S/C9H12N2/c10-9-2-1-8-6-11-4-3-7(8)5-9/h1-2,5,11H,3-4,6,10H2/p+1. The normalized spacial score (nSPS) is 16.1. The Hall–Kier alpha value is -0.860. The van der Waals surface area contributed by atoms with Crippen molar-refractivity contribution in [2.24, 2.45) is 0 Å². The van der Waals surface area contributed by atoms with Gasteiger partial charge in [-0.3, -0.25) is 0 Å². The molecule has 0 amide bonds. The van der Waals surface area contributed by atoms with Gasteiger partial charge in [0, 0.05) is 12.6 Å². The first-order valence-electron chi connectivity index (χ1n) is 4.01. The third-order valence-electron chi connectivity index (χ3n) is 2.16. The minimum Gasteiger partial charge on any atom is -0.325 e. The maximum absolute atomic E-state index is 3.91. The van der Waals surface area contributed by atoms with E-state index in [-0.39, 0.29) is 0 Å². The molecule has 58 valence electrons. The molecule has 0 fully saturated rings. The van der Waals surface area contributed by atoms with Crippen LogP contribution in [0.25, 0.3) is 0 Å². The lowest BCUT2D eigenvalue weighted by atomic mass is 10.0. The number of rotatable bonds is 0. The van der Waals surface area contributed by atoms with Gasteiger partial charge in [-0.15, -0.1) is 0 Å². The summed E-state index contributed by atoms with van der Waals surface area (Å²) < 4.78 is 0. The first-order chi connectivity index (χ1) is 5.36. The van der Waals surface area contributed by atoms with E-state index in [0.29, 0.717) is 0 Å². The lowest BCUT2D eigenvalue weighted by Gasteiger charge is -2.15. The summed E-state index contributed by atoms with van der Waals surface area (Å²) in [7, 11) is 0. The monoisotopic (exact) mass is 149 g/mol. The molecule has 1 aromatic carbocycles. The third-order valence-corrected chi connectivity index (χ3v) is 2.16. The molecule has 0 aromatic heterocycles. The fraction of sp³-hybridized carbons (Fsp3) is 0.333. The second kappa shape index (κ2) is 2.64. The van der Waals surface area contributed by atoms with E-state index in [1.54, 1.807) is 0 Å². The zero-order chi connectivity index (χ0) is 7.68. The predicted molar refractivity (Wildman–Crippen MR) is 44.4 cm³/mol. The van der Waals surface area contributed by atoms with Gasteiger partial charge in [0.2, 0.25) is 0 Å². The zero-order valence-electron chi connectivity index (χ0n) is 6.56. The fourth-order valence-electron chi connectivity index (χ4n) is 1.53. The molecule has 0 bridgehead atoms. The Bertz CT molecular complexity index is 268. The van der Waals surface area contributed by atoms with Gasteiger partial charge in [-0.1, -0.05) is 6.07 Å². The highest BCUT2D eigenvalue weighted by molar-refractivity contribution is 5.39. The second-order valence-corrected chi connectivity index (χ2v) is 3.03. The van der Waals surface area contributed by atoms with Crippen LogP contribution in [0, 0.1) is 0 Å². The van der Waals surface area contributed by atoms with E-state index in [1.165, 1.54) is 11.1 Å². The van der Waals surface area contributed by atoms with Gasteiger partial charge in [-0.2, -0.15) is 0 Å². The van der Waals surface area contributed by atoms with Gasteiger partial charge in [0.1, 0.15) is 5.69 Å². The summed E-state index contributed by atoms with van der Waals surface area (Å²) in [6, 6.07) is 6.44. The number of benzene rings is 1. The summed E-state index contributed by atoms with van der Waals surface area (Å²) >= 11 is 0. The molecule has 1 aliphatic heterocycles. The molecule has 1 aromatic rings. The lowest BCUT2D eigenvalue weighted by molar-refractivity contribution is -0.254. The summed E-state index contributed by atoms with van der Waals surface area (Å²) in [4.78, 5) is 0. The molecule has 0 unspecified atom stereocenters. The van der Waals surface area contributed by atoms with Crippen molar-refractivity contribution >= 4 is 5.69 Å². The van der Waals surface area contributed by atoms with E-state index >= 15 is 0 Å². The average molecular weight is 149 g/mol.